The van der Waals surface area contributed by atoms with Gasteiger partial charge in [-0.15, -0.1) is 0 Å². The van der Waals surface area contributed by atoms with E-state index in [2.05, 4.69) is 26.6 Å². The summed E-state index contributed by atoms with van der Waals surface area (Å²) in [5.41, 5.74) is 0.578. The van der Waals surface area contributed by atoms with Crippen molar-refractivity contribution in [1.29, 1.82) is 0 Å². The SMILES string of the molecule is CNC(=S)Nc1cc(Br)ccc1O. The van der Waals surface area contributed by atoms with Crippen molar-refractivity contribution in [3.8, 4) is 5.75 Å². The Balaban J connectivity index is 2.87. The third-order valence-electron chi connectivity index (χ3n) is 1.43. The zero-order valence-electron chi connectivity index (χ0n) is 6.97. The molecule has 0 atom stereocenters. The zero-order chi connectivity index (χ0) is 9.84. The summed E-state index contributed by atoms with van der Waals surface area (Å²) in [5, 5.41) is 15.5. The Bertz CT molecular complexity index is 330. The number of anilines is 1. The van der Waals surface area contributed by atoms with Crippen LogP contribution in [0.2, 0.25) is 0 Å². The normalized spacial score (nSPS) is 9.38. The van der Waals surface area contributed by atoms with E-state index < -0.39 is 0 Å². The molecule has 3 N–H and O–H groups in total. The van der Waals surface area contributed by atoms with Crippen LogP contribution in [0.5, 0.6) is 5.75 Å². The van der Waals surface area contributed by atoms with Crippen LogP contribution in [-0.2, 0) is 0 Å². The first-order valence-corrected chi connectivity index (χ1v) is 4.81. The fraction of sp³-hybridized carbons (Fsp3) is 0.125. The summed E-state index contributed by atoms with van der Waals surface area (Å²) in [5.74, 6) is 0.167. The summed E-state index contributed by atoms with van der Waals surface area (Å²) < 4.78 is 0.881. The topological polar surface area (TPSA) is 44.3 Å². The van der Waals surface area contributed by atoms with Crippen molar-refractivity contribution in [2.75, 3.05) is 12.4 Å². The summed E-state index contributed by atoms with van der Waals surface area (Å²) in [6, 6.07) is 5.09. The van der Waals surface area contributed by atoms with E-state index in [0.717, 1.165) is 4.47 Å². The van der Waals surface area contributed by atoms with E-state index in [1.807, 2.05) is 0 Å². The Labute approximate surface area is 90.3 Å². The Morgan fingerprint density at radius 2 is 2.23 bits per heavy atom. The maximum Gasteiger partial charge on any atom is 0.170 e. The van der Waals surface area contributed by atoms with Crippen LogP contribution in [0.25, 0.3) is 0 Å². The molecule has 0 aliphatic heterocycles. The Morgan fingerprint density at radius 3 is 2.85 bits per heavy atom. The number of nitrogens with one attached hydrogen (secondary N) is 2. The van der Waals surface area contributed by atoms with Gasteiger partial charge in [0.05, 0.1) is 5.69 Å². The smallest absolute Gasteiger partial charge is 0.170 e. The van der Waals surface area contributed by atoms with Crippen molar-refractivity contribution in [1.82, 2.24) is 5.32 Å². The highest BCUT2D eigenvalue weighted by Crippen LogP contribution is 2.26. The highest BCUT2D eigenvalue weighted by Gasteiger charge is 2.02. The fourth-order valence-electron chi connectivity index (χ4n) is 0.793. The predicted octanol–water partition coefficient (Wildman–Crippen LogP) is 2.07. The van der Waals surface area contributed by atoms with Crippen molar-refractivity contribution in [3.63, 3.8) is 0 Å². The number of phenolic OH excluding ortho intramolecular Hbond substituents is 1. The molecule has 13 heavy (non-hydrogen) atoms. The number of hydrogen-bond donors (Lipinski definition) is 3. The van der Waals surface area contributed by atoms with Gasteiger partial charge in [-0.2, -0.15) is 0 Å². The van der Waals surface area contributed by atoms with Gasteiger partial charge in [0.15, 0.2) is 5.11 Å². The first-order chi connectivity index (χ1) is 6.13. The van der Waals surface area contributed by atoms with Crippen LogP contribution in [0.3, 0.4) is 0 Å². The van der Waals surface area contributed by atoms with Crippen LogP contribution < -0.4 is 10.6 Å². The number of benzene rings is 1. The molecule has 5 heteroatoms. The quantitative estimate of drug-likeness (QED) is 0.535. The highest BCUT2D eigenvalue weighted by atomic mass is 79.9. The molecule has 0 amide bonds. The second-order valence-electron chi connectivity index (χ2n) is 2.37. The van der Waals surface area contributed by atoms with E-state index in [9.17, 15) is 5.11 Å². The van der Waals surface area contributed by atoms with Crippen LogP contribution in [-0.4, -0.2) is 17.3 Å². The number of phenols is 1. The number of halogens is 1. The lowest BCUT2D eigenvalue weighted by molar-refractivity contribution is 0.478. The summed E-state index contributed by atoms with van der Waals surface area (Å²) in [6.45, 7) is 0. The van der Waals surface area contributed by atoms with Crippen molar-refractivity contribution < 1.29 is 5.11 Å². The third kappa shape index (κ3) is 2.86. The van der Waals surface area contributed by atoms with Crippen LogP contribution >= 0.6 is 28.1 Å². The van der Waals surface area contributed by atoms with Gasteiger partial charge in [0.1, 0.15) is 5.75 Å². The molecule has 0 unspecified atom stereocenters. The second kappa shape index (κ2) is 4.43. The maximum absolute atomic E-state index is 9.41. The predicted molar refractivity (Wildman–Crippen MR) is 61.1 cm³/mol. The van der Waals surface area contributed by atoms with Gasteiger partial charge in [0, 0.05) is 11.5 Å². The molecule has 0 aliphatic rings. The molecule has 0 fully saturated rings. The van der Waals surface area contributed by atoms with Crippen LogP contribution in [0.1, 0.15) is 0 Å². The fourth-order valence-corrected chi connectivity index (χ4v) is 1.26. The van der Waals surface area contributed by atoms with Gasteiger partial charge >= 0.3 is 0 Å². The molecule has 3 nitrogen and oxygen atoms in total. The van der Waals surface area contributed by atoms with Crippen LogP contribution in [0.15, 0.2) is 22.7 Å². The van der Waals surface area contributed by atoms with Crippen molar-refractivity contribution in [2.45, 2.75) is 0 Å². The zero-order valence-corrected chi connectivity index (χ0v) is 9.37. The Morgan fingerprint density at radius 1 is 1.54 bits per heavy atom. The standard InChI is InChI=1S/C8H9BrN2OS/c1-10-8(13)11-6-4-5(9)2-3-7(6)12/h2-4,12H,1H3,(H2,10,11,13). The van der Waals surface area contributed by atoms with Crippen molar-refractivity contribution in [2.24, 2.45) is 0 Å². The van der Waals surface area contributed by atoms with Gasteiger partial charge in [0.2, 0.25) is 0 Å². The van der Waals surface area contributed by atoms with Gasteiger partial charge < -0.3 is 15.7 Å². The Kier molecular flexibility index (Phi) is 3.50. The molecule has 0 aromatic heterocycles. The summed E-state index contributed by atoms with van der Waals surface area (Å²) in [7, 11) is 1.71. The minimum absolute atomic E-state index is 0.167. The first-order valence-electron chi connectivity index (χ1n) is 3.60. The molecule has 0 saturated carbocycles. The summed E-state index contributed by atoms with van der Waals surface area (Å²) in [6.07, 6.45) is 0. The highest BCUT2D eigenvalue weighted by molar-refractivity contribution is 9.10. The van der Waals surface area contributed by atoms with Crippen LogP contribution in [0.4, 0.5) is 5.69 Å². The number of hydrogen-bond acceptors (Lipinski definition) is 2. The van der Waals surface area contributed by atoms with Crippen molar-refractivity contribution in [3.05, 3.63) is 22.7 Å². The number of rotatable bonds is 1. The molecule has 0 heterocycles. The van der Waals surface area contributed by atoms with Gasteiger partial charge in [-0.25, -0.2) is 0 Å². The molecule has 1 rings (SSSR count). The molecule has 0 aliphatic carbocycles. The molecule has 0 radical (unpaired) electrons. The largest absolute Gasteiger partial charge is 0.506 e. The Hall–Kier alpha value is -0.810. The van der Waals surface area contributed by atoms with E-state index in [-0.39, 0.29) is 5.75 Å². The second-order valence-corrected chi connectivity index (χ2v) is 3.69. The van der Waals surface area contributed by atoms with Gasteiger partial charge in [-0.3, -0.25) is 0 Å². The average Bonchev–Trinajstić information content (AvgIpc) is 2.11. The van der Waals surface area contributed by atoms with Crippen LogP contribution in [0, 0.1) is 0 Å². The van der Waals surface area contributed by atoms with Crippen molar-refractivity contribution >= 4 is 38.9 Å². The van der Waals surface area contributed by atoms with E-state index in [0.29, 0.717) is 10.8 Å². The molecule has 0 bridgehead atoms. The lowest BCUT2D eigenvalue weighted by Gasteiger charge is -2.08. The molecular weight excluding hydrogens is 252 g/mol. The maximum atomic E-state index is 9.41. The van der Waals surface area contributed by atoms with E-state index >= 15 is 0 Å². The first kappa shape index (κ1) is 10.3. The number of aromatic hydroxyl groups is 1. The average molecular weight is 261 g/mol. The van der Waals surface area contributed by atoms with Gasteiger partial charge in [0.25, 0.3) is 0 Å². The van der Waals surface area contributed by atoms with E-state index in [1.54, 1.807) is 25.2 Å². The molecule has 0 spiro atoms. The van der Waals surface area contributed by atoms with E-state index in [1.165, 1.54) is 0 Å². The minimum atomic E-state index is 0.167. The monoisotopic (exact) mass is 260 g/mol. The summed E-state index contributed by atoms with van der Waals surface area (Å²) in [4.78, 5) is 0. The molecule has 1 aromatic rings. The molecular formula is C8H9BrN2OS. The number of thiocarbonyl (C=S) groups is 1. The van der Waals surface area contributed by atoms with Gasteiger partial charge in [-0.1, -0.05) is 15.9 Å². The summed E-state index contributed by atoms with van der Waals surface area (Å²) >= 11 is 8.18. The minimum Gasteiger partial charge on any atom is -0.506 e. The molecule has 0 saturated heterocycles. The van der Waals surface area contributed by atoms with Gasteiger partial charge in [-0.05, 0) is 30.4 Å². The third-order valence-corrected chi connectivity index (χ3v) is 2.23. The molecule has 1 aromatic carbocycles. The lowest BCUT2D eigenvalue weighted by atomic mass is 10.3. The lowest BCUT2D eigenvalue weighted by Crippen LogP contribution is -2.24. The molecule has 70 valence electrons. The van der Waals surface area contributed by atoms with E-state index in [4.69, 9.17) is 12.2 Å².